The maximum absolute atomic E-state index is 12.8. The van der Waals surface area contributed by atoms with Crippen LogP contribution in [0.4, 0.5) is 0 Å². The molecule has 174 valence electrons. The summed E-state index contributed by atoms with van der Waals surface area (Å²) < 4.78 is 5.38. The highest BCUT2D eigenvalue weighted by Crippen LogP contribution is 2.52. The molecule has 0 spiro atoms. The van der Waals surface area contributed by atoms with Gasteiger partial charge in [0.1, 0.15) is 5.75 Å². The first kappa shape index (κ1) is 24.8. The van der Waals surface area contributed by atoms with Gasteiger partial charge in [-0.3, -0.25) is 14.5 Å². The van der Waals surface area contributed by atoms with Crippen LogP contribution in [0.25, 0.3) is 0 Å². The molecule has 0 aromatic heterocycles. The molecule has 3 aliphatic rings. The van der Waals surface area contributed by atoms with E-state index in [0.717, 1.165) is 18.5 Å². The number of fused-ring (bicyclic) bond motifs is 5. The van der Waals surface area contributed by atoms with Crippen LogP contribution in [0.2, 0.25) is 5.02 Å². The molecule has 2 bridgehead atoms. The van der Waals surface area contributed by atoms with Crippen molar-refractivity contribution >= 4 is 53.4 Å². The summed E-state index contributed by atoms with van der Waals surface area (Å²) in [6.45, 7) is 4.23. The highest BCUT2D eigenvalue weighted by molar-refractivity contribution is 14.0. The summed E-state index contributed by atoms with van der Waals surface area (Å²) >= 11 is 6.02. The molecular weight excluding hydrogens is 543 g/mol. The number of nitrogens with zero attached hydrogens (tertiary/aromatic N) is 2. The van der Waals surface area contributed by atoms with Gasteiger partial charge in [-0.15, -0.1) is 24.0 Å². The fourth-order valence-electron chi connectivity index (χ4n) is 4.98. The van der Waals surface area contributed by atoms with E-state index in [9.17, 15) is 9.59 Å². The van der Waals surface area contributed by atoms with E-state index in [0.29, 0.717) is 42.8 Å². The molecule has 7 nitrogen and oxygen atoms in total. The molecule has 4 unspecified atom stereocenters. The number of hydrogen-bond donors (Lipinski definition) is 2. The van der Waals surface area contributed by atoms with Crippen molar-refractivity contribution in [3.8, 4) is 5.75 Å². The van der Waals surface area contributed by atoms with Crippen LogP contribution in [-0.2, 0) is 16.1 Å². The zero-order valence-corrected chi connectivity index (χ0v) is 21.4. The molecule has 2 amide bonds. The van der Waals surface area contributed by atoms with Crippen LogP contribution < -0.4 is 15.4 Å². The molecule has 2 aliphatic carbocycles. The van der Waals surface area contributed by atoms with Gasteiger partial charge in [-0.2, -0.15) is 0 Å². The lowest BCUT2D eigenvalue weighted by molar-refractivity contribution is -0.140. The monoisotopic (exact) mass is 572 g/mol. The molecule has 1 saturated heterocycles. The lowest BCUT2D eigenvalue weighted by Crippen LogP contribution is -2.40. The predicted octanol–water partition coefficient (Wildman–Crippen LogP) is 3.22. The third kappa shape index (κ3) is 4.90. The summed E-state index contributed by atoms with van der Waals surface area (Å²) in [5, 5.41) is 7.12. The molecule has 9 heteroatoms. The Labute approximate surface area is 211 Å². The molecule has 0 radical (unpaired) electrons. The lowest BCUT2D eigenvalue weighted by atomic mass is 9.85. The summed E-state index contributed by atoms with van der Waals surface area (Å²) in [7, 11) is 1.61. The number of aliphatic imine (C=N–C) groups is 1. The third-order valence-electron chi connectivity index (χ3n) is 6.41. The number of allylic oxidation sites excluding steroid dienone is 2. The van der Waals surface area contributed by atoms with Crippen molar-refractivity contribution in [2.45, 2.75) is 26.3 Å². The summed E-state index contributed by atoms with van der Waals surface area (Å²) in [6, 6.07) is 5.49. The quantitative estimate of drug-likeness (QED) is 0.125. The average molecular weight is 573 g/mol. The Morgan fingerprint density at radius 1 is 1.19 bits per heavy atom. The Morgan fingerprint density at radius 2 is 1.88 bits per heavy atom. The van der Waals surface area contributed by atoms with Gasteiger partial charge in [0, 0.05) is 30.2 Å². The Bertz CT molecular complexity index is 893. The molecule has 2 fully saturated rings. The number of rotatable bonds is 8. The summed E-state index contributed by atoms with van der Waals surface area (Å²) in [5.74, 6) is 1.68. The molecule has 4 atom stereocenters. The minimum Gasteiger partial charge on any atom is -0.496 e. The second-order valence-corrected chi connectivity index (χ2v) is 8.70. The minimum atomic E-state index is -0.122. The number of nitrogens with one attached hydrogen (secondary N) is 2. The van der Waals surface area contributed by atoms with Crippen molar-refractivity contribution in [2.24, 2.45) is 28.7 Å². The van der Waals surface area contributed by atoms with Crippen molar-refractivity contribution in [2.75, 3.05) is 26.7 Å². The van der Waals surface area contributed by atoms with E-state index in [1.807, 2.05) is 19.1 Å². The van der Waals surface area contributed by atoms with Crippen LogP contribution in [0.15, 0.2) is 35.3 Å². The number of hydrogen-bond acceptors (Lipinski definition) is 4. The molecule has 32 heavy (non-hydrogen) atoms. The molecule has 2 N–H and O–H groups in total. The van der Waals surface area contributed by atoms with Gasteiger partial charge in [0.15, 0.2) is 5.96 Å². The Morgan fingerprint density at radius 3 is 2.50 bits per heavy atom. The van der Waals surface area contributed by atoms with Crippen molar-refractivity contribution in [1.82, 2.24) is 15.5 Å². The molecule has 1 heterocycles. The molecule has 4 rings (SSSR count). The van der Waals surface area contributed by atoms with Gasteiger partial charge in [0.05, 0.1) is 25.5 Å². The van der Waals surface area contributed by atoms with Crippen molar-refractivity contribution in [3.63, 3.8) is 0 Å². The third-order valence-corrected chi connectivity index (χ3v) is 6.65. The molecule has 1 aromatic rings. The normalized spacial score (nSPS) is 25.7. The van der Waals surface area contributed by atoms with Gasteiger partial charge in [-0.05, 0) is 43.7 Å². The maximum Gasteiger partial charge on any atom is 0.233 e. The van der Waals surface area contributed by atoms with Gasteiger partial charge >= 0.3 is 0 Å². The zero-order valence-electron chi connectivity index (χ0n) is 18.3. The van der Waals surface area contributed by atoms with Crippen LogP contribution in [0.3, 0.4) is 0 Å². The Hall–Kier alpha value is -1.81. The fraction of sp³-hybridized carbons (Fsp3) is 0.522. The number of likely N-dealkylation sites (tertiary alicyclic amines) is 1. The van der Waals surface area contributed by atoms with Gasteiger partial charge in [-0.25, -0.2) is 4.99 Å². The van der Waals surface area contributed by atoms with Gasteiger partial charge < -0.3 is 15.4 Å². The predicted molar refractivity (Wildman–Crippen MR) is 135 cm³/mol. The van der Waals surface area contributed by atoms with Crippen LogP contribution in [0.5, 0.6) is 5.75 Å². The number of methoxy groups -OCH3 is 1. The lowest BCUT2D eigenvalue weighted by Gasteiger charge is -2.18. The number of halogens is 2. The maximum atomic E-state index is 12.8. The topological polar surface area (TPSA) is 83.0 Å². The van der Waals surface area contributed by atoms with E-state index in [4.69, 9.17) is 16.3 Å². The number of benzene rings is 1. The van der Waals surface area contributed by atoms with Crippen molar-refractivity contribution in [1.29, 1.82) is 0 Å². The largest absolute Gasteiger partial charge is 0.496 e. The second-order valence-electron chi connectivity index (χ2n) is 8.26. The zero-order chi connectivity index (χ0) is 22.0. The van der Waals surface area contributed by atoms with Crippen molar-refractivity contribution in [3.05, 3.63) is 40.9 Å². The summed E-state index contributed by atoms with van der Waals surface area (Å²) in [5.41, 5.74) is 0.937. The smallest absolute Gasteiger partial charge is 0.233 e. The van der Waals surface area contributed by atoms with E-state index < -0.39 is 0 Å². The molecule has 1 aliphatic heterocycles. The van der Waals surface area contributed by atoms with Gasteiger partial charge in [0.2, 0.25) is 11.8 Å². The number of carbonyl (C=O) groups excluding carboxylic acids is 2. The van der Waals surface area contributed by atoms with Gasteiger partial charge in [-0.1, -0.05) is 29.8 Å². The Kier molecular flexibility index (Phi) is 8.43. The highest BCUT2D eigenvalue weighted by atomic mass is 127. The summed E-state index contributed by atoms with van der Waals surface area (Å²) in [6.07, 6.45) is 5.88. The number of imide groups is 1. The molecular formula is C23H30ClIN4O3. The number of guanidine groups is 1. The number of carbonyl (C=O) groups is 2. The van der Waals surface area contributed by atoms with Crippen LogP contribution in [0.1, 0.15) is 25.3 Å². The average Bonchev–Trinajstić information content (AvgIpc) is 3.44. The van der Waals surface area contributed by atoms with E-state index in [1.165, 1.54) is 4.90 Å². The standard InChI is InChI=1S/C23H29ClN4O3.HI/c1-3-25-23(27-13-16-7-8-17(24)12-18(16)31-2)26-9-4-10-28-21(29)19-14-5-6-15(11-14)20(19)22(28)30;/h5-8,12,14-15,19-20H,3-4,9-11,13H2,1-2H3,(H2,25,26,27);1H. The number of ether oxygens (including phenoxy) is 1. The van der Waals surface area contributed by atoms with E-state index in [1.54, 1.807) is 13.2 Å². The first-order valence-corrected chi connectivity index (χ1v) is 11.3. The van der Waals surface area contributed by atoms with Crippen LogP contribution >= 0.6 is 35.6 Å². The first-order chi connectivity index (χ1) is 15.0. The van der Waals surface area contributed by atoms with E-state index in [-0.39, 0.29) is 59.5 Å². The number of amides is 2. The Balaban J connectivity index is 0.00000289. The van der Waals surface area contributed by atoms with Crippen molar-refractivity contribution < 1.29 is 14.3 Å². The summed E-state index contributed by atoms with van der Waals surface area (Å²) in [4.78, 5) is 31.6. The minimum absolute atomic E-state index is 0. The molecule has 1 aromatic carbocycles. The van der Waals surface area contributed by atoms with Crippen LogP contribution in [0, 0.1) is 23.7 Å². The van der Waals surface area contributed by atoms with Gasteiger partial charge in [0.25, 0.3) is 0 Å². The molecule has 1 saturated carbocycles. The highest BCUT2D eigenvalue weighted by Gasteiger charge is 2.58. The first-order valence-electron chi connectivity index (χ1n) is 10.9. The van der Waals surface area contributed by atoms with E-state index in [2.05, 4.69) is 27.8 Å². The SMILES string of the molecule is CCNC(=NCc1ccc(Cl)cc1OC)NCCCN1C(=O)C2C3C=CC(C3)C2C1=O.I. The fourth-order valence-corrected chi connectivity index (χ4v) is 5.15. The van der Waals surface area contributed by atoms with Crippen LogP contribution in [-0.4, -0.2) is 49.4 Å². The van der Waals surface area contributed by atoms with E-state index >= 15 is 0 Å². The second kappa shape index (κ2) is 10.9.